The lowest BCUT2D eigenvalue weighted by Crippen LogP contribution is -2.46. The molecule has 1 rings (SSSR count). The summed E-state index contributed by atoms with van der Waals surface area (Å²) in [6.07, 6.45) is 3.99. The number of hydrogen-bond acceptors (Lipinski definition) is 1. The molecular formula is C12H16N2O. The highest BCUT2D eigenvalue weighted by atomic mass is 16.2. The van der Waals surface area contributed by atoms with E-state index in [1.807, 2.05) is 0 Å². The van der Waals surface area contributed by atoms with Crippen LogP contribution in [0.3, 0.4) is 0 Å². The molecule has 1 heterocycles. The highest BCUT2D eigenvalue weighted by molar-refractivity contribution is 5.80. The predicted octanol–water partition coefficient (Wildman–Crippen LogP) is 2.51. The molecule has 0 aromatic rings. The lowest BCUT2D eigenvalue weighted by Gasteiger charge is -2.37. The molecular weight excluding hydrogens is 188 g/mol. The first-order valence-corrected chi connectivity index (χ1v) is 4.78. The largest absolute Gasteiger partial charge is 0.329 e. The molecule has 0 aromatic carbocycles. The van der Waals surface area contributed by atoms with E-state index in [0.717, 1.165) is 11.4 Å². The summed E-state index contributed by atoms with van der Waals surface area (Å²) in [4.78, 5) is 15.2. The molecule has 0 aliphatic carbocycles. The second kappa shape index (κ2) is 4.64. The molecule has 3 nitrogen and oxygen atoms in total. The van der Waals surface area contributed by atoms with Gasteiger partial charge in [-0.2, -0.15) is 0 Å². The molecule has 0 bridgehead atoms. The summed E-state index contributed by atoms with van der Waals surface area (Å²) in [7, 11) is 0. The summed E-state index contributed by atoms with van der Waals surface area (Å²) >= 11 is 0. The normalized spacial score (nSPS) is 16.9. The zero-order valence-corrected chi connectivity index (χ0v) is 8.91. The van der Waals surface area contributed by atoms with Crippen LogP contribution in [0.15, 0.2) is 49.9 Å². The van der Waals surface area contributed by atoms with Crippen LogP contribution >= 0.6 is 0 Å². The lowest BCUT2D eigenvalue weighted by molar-refractivity contribution is 0.174. The standard InChI is InChI=1S/C12H16N2O/c1-5-7-13-10(3)9-11(4)14(8-6-2)12(13)15/h5-6H,1-4,7-9H2. The predicted molar refractivity (Wildman–Crippen MR) is 62.1 cm³/mol. The van der Waals surface area contributed by atoms with Crippen molar-refractivity contribution in [2.24, 2.45) is 0 Å². The summed E-state index contributed by atoms with van der Waals surface area (Å²) in [6.45, 7) is 15.9. The molecule has 0 unspecified atom stereocenters. The van der Waals surface area contributed by atoms with Gasteiger partial charge in [0.1, 0.15) is 0 Å². The Morgan fingerprint density at radius 2 is 1.47 bits per heavy atom. The topological polar surface area (TPSA) is 23.6 Å². The Morgan fingerprint density at radius 1 is 1.07 bits per heavy atom. The van der Waals surface area contributed by atoms with Crippen molar-refractivity contribution >= 4 is 6.03 Å². The van der Waals surface area contributed by atoms with Gasteiger partial charge in [0, 0.05) is 30.9 Å². The molecule has 1 aliphatic rings. The average Bonchev–Trinajstić information content (AvgIpc) is 2.19. The maximum Gasteiger partial charge on any atom is 0.329 e. The minimum Gasteiger partial charge on any atom is -0.294 e. The fraction of sp³-hybridized carbons (Fsp3) is 0.250. The Balaban J connectivity index is 2.88. The van der Waals surface area contributed by atoms with Gasteiger partial charge in [-0.25, -0.2) is 4.79 Å². The molecule has 1 fully saturated rings. The Hall–Kier alpha value is -1.77. The molecule has 0 atom stereocenters. The molecule has 15 heavy (non-hydrogen) atoms. The molecule has 0 N–H and O–H groups in total. The van der Waals surface area contributed by atoms with Gasteiger partial charge in [0.25, 0.3) is 0 Å². The fourth-order valence-corrected chi connectivity index (χ4v) is 1.52. The molecule has 1 saturated heterocycles. The Bertz CT molecular complexity index is 301. The van der Waals surface area contributed by atoms with Crippen LogP contribution in [-0.4, -0.2) is 28.9 Å². The Kier molecular flexibility index (Phi) is 3.50. The van der Waals surface area contributed by atoms with E-state index in [9.17, 15) is 4.79 Å². The SMILES string of the molecule is C=CCN1C(=C)CC(=C)N(CC=C)C1=O. The molecule has 0 aromatic heterocycles. The molecule has 80 valence electrons. The summed E-state index contributed by atoms with van der Waals surface area (Å²) in [6, 6.07) is -0.101. The number of rotatable bonds is 4. The molecule has 3 heteroatoms. The number of hydrogen-bond donors (Lipinski definition) is 0. The van der Waals surface area contributed by atoms with Crippen molar-refractivity contribution < 1.29 is 4.79 Å². The van der Waals surface area contributed by atoms with Crippen LogP contribution < -0.4 is 0 Å². The monoisotopic (exact) mass is 204 g/mol. The summed E-state index contributed by atoms with van der Waals surface area (Å²) < 4.78 is 0. The third kappa shape index (κ3) is 2.18. The van der Waals surface area contributed by atoms with Gasteiger partial charge in [-0.05, 0) is 0 Å². The first kappa shape index (κ1) is 11.3. The molecule has 0 spiro atoms. The number of carbonyl (C=O) groups is 1. The summed E-state index contributed by atoms with van der Waals surface area (Å²) in [5, 5.41) is 0. The van der Waals surface area contributed by atoms with Crippen LogP contribution in [0.2, 0.25) is 0 Å². The zero-order chi connectivity index (χ0) is 11.4. The maximum absolute atomic E-state index is 12.0. The lowest BCUT2D eigenvalue weighted by atomic mass is 10.1. The number of urea groups is 1. The smallest absolute Gasteiger partial charge is 0.294 e. The van der Waals surface area contributed by atoms with Crippen molar-refractivity contribution in [3.63, 3.8) is 0 Å². The van der Waals surface area contributed by atoms with Gasteiger partial charge < -0.3 is 0 Å². The van der Waals surface area contributed by atoms with Gasteiger partial charge >= 0.3 is 6.03 Å². The first-order valence-electron chi connectivity index (χ1n) is 4.78. The summed E-state index contributed by atoms with van der Waals surface area (Å²) in [5.41, 5.74) is 1.54. The molecule has 1 aliphatic heterocycles. The van der Waals surface area contributed by atoms with Crippen LogP contribution in [0.1, 0.15) is 6.42 Å². The van der Waals surface area contributed by atoms with E-state index in [-0.39, 0.29) is 6.03 Å². The van der Waals surface area contributed by atoms with Crippen molar-refractivity contribution in [2.75, 3.05) is 13.1 Å². The van der Waals surface area contributed by atoms with Crippen molar-refractivity contribution in [1.29, 1.82) is 0 Å². The van der Waals surface area contributed by atoms with Gasteiger partial charge in [-0.3, -0.25) is 9.80 Å². The van der Waals surface area contributed by atoms with Crippen LogP contribution in [0.4, 0.5) is 4.79 Å². The highest BCUT2D eigenvalue weighted by Gasteiger charge is 2.29. The van der Waals surface area contributed by atoms with Gasteiger partial charge in [0.15, 0.2) is 0 Å². The average molecular weight is 204 g/mol. The van der Waals surface area contributed by atoms with Gasteiger partial charge in [0.05, 0.1) is 0 Å². The number of amides is 2. The zero-order valence-electron chi connectivity index (χ0n) is 8.91. The Morgan fingerprint density at radius 3 is 1.80 bits per heavy atom. The van der Waals surface area contributed by atoms with E-state index in [2.05, 4.69) is 26.3 Å². The summed E-state index contributed by atoms with van der Waals surface area (Å²) in [5.74, 6) is 0. The minimum atomic E-state index is -0.101. The third-order valence-corrected chi connectivity index (χ3v) is 2.26. The van der Waals surface area contributed by atoms with E-state index < -0.39 is 0 Å². The van der Waals surface area contributed by atoms with E-state index in [4.69, 9.17) is 0 Å². The number of nitrogens with zero attached hydrogens (tertiary/aromatic N) is 2. The number of carbonyl (C=O) groups excluding carboxylic acids is 1. The van der Waals surface area contributed by atoms with Crippen molar-refractivity contribution in [3.05, 3.63) is 49.9 Å². The van der Waals surface area contributed by atoms with E-state index in [1.54, 1.807) is 22.0 Å². The Labute approximate surface area is 90.7 Å². The molecule has 2 amide bonds. The second-order valence-corrected chi connectivity index (χ2v) is 3.39. The van der Waals surface area contributed by atoms with E-state index in [1.165, 1.54) is 0 Å². The first-order chi connectivity index (χ1) is 7.11. The quantitative estimate of drug-likeness (QED) is 0.645. The fourth-order valence-electron chi connectivity index (χ4n) is 1.52. The van der Waals surface area contributed by atoms with Crippen LogP contribution in [-0.2, 0) is 0 Å². The van der Waals surface area contributed by atoms with Crippen molar-refractivity contribution in [1.82, 2.24) is 9.80 Å². The van der Waals surface area contributed by atoms with Crippen LogP contribution in [0.5, 0.6) is 0 Å². The van der Waals surface area contributed by atoms with Crippen molar-refractivity contribution in [3.8, 4) is 0 Å². The highest BCUT2D eigenvalue weighted by Crippen LogP contribution is 2.24. The maximum atomic E-state index is 12.0. The van der Waals surface area contributed by atoms with Gasteiger partial charge in [0.2, 0.25) is 0 Å². The molecule has 0 saturated carbocycles. The van der Waals surface area contributed by atoms with Gasteiger partial charge in [-0.1, -0.05) is 25.3 Å². The van der Waals surface area contributed by atoms with Crippen LogP contribution in [0.25, 0.3) is 0 Å². The van der Waals surface area contributed by atoms with Crippen molar-refractivity contribution in [2.45, 2.75) is 6.42 Å². The van der Waals surface area contributed by atoms with Gasteiger partial charge in [-0.15, -0.1) is 13.2 Å². The van der Waals surface area contributed by atoms with E-state index >= 15 is 0 Å². The van der Waals surface area contributed by atoms with Crippen LogP contribution in [0, 0.1) is 0 Å². The second-order valence-electron chi connectivity index (χ2n) is 3.39. The van der Waals surface area contributed by atoms with E-state index in [0.29, 0.717) is 19.5 Å². The third-order valence-electron chi connectivity index (χ3n) is 2.26. The minimum absolute atomic E-state index is 0.101. The molecule has 0 radical (unpaired) electrons.